The second-order valence-corrected chi connectivity index (χ2v) is 10.6. The lowest BCUT2D eigenvalue weighted by Crippen LogP contribution is -2.33. The molecule has 5 heteroatoms. The van der Waals surface area contributed by atoms with E-state index in [-0.39, 0.29) is 10.7 Å². The molecule has 1 atom stereocenters. The molecular weight excluding hydrogens is 442 g/mol. The van der Waals surface area contributed by atoms with Crippen molar-refractivity contribution < 1.29 is 0 Å². The van der Waals surface area contributed by atoms with Crippen molar-refractivity contribution >= 4 is 44.8 Å². The molecule has 29 heavy (non-hydrogen) atoms. The Bertz CT molecular complexity index is 856. The Hall–Kier alpha value is -1.20. The predicted octanol–water partition coefficient (Wildman–Crippen LogP) is 7.05. The van der Waals surface area contributed by atoms with Crippen molar-refractivity contribution in [3.05, 3.63) is 40.0 Å². The molecule has 1 aliphatic heterocycles. The van der Waals surface area contributed by atoms with Crippen molar-refractivity contribution in [1.82, 2.24) is 4.90 Å². The number of thioether (sulfide) groups is 1. The number of aliphatic imine (C=N–C) groups is 1. The quantitative estimate of drug-likeness (QED) is 0.438. The Kier molecular flexibility index (Phi) is 6.89. The van der Waals surface area contributed by atoms with Gasteiger partial charge in [0.15, 0.2) is 0 Å². The maximum atomic E-state index is 5.21. The number of fused-ring (bicyclic) bond motifs is 2. The van der Waals surface area contributed by atoms with E-state index in [4.69, 9.17) is 4.99 Å². The van der Waals surface area contributed by atoms with Gasteiger partial charge in [0.05, 0.1) is 16.6 Å². The van der Waals surface area contributed by atoms with Gasteiger partial charge in [-0.1, -0.05) is 20.8 Å². The van der Waals surface area contributed by atoms with Crippen molar-refractivity contribution in [2.24, 2.45) is 10.4 Å². The highest BCUT2D eigenvalue weighted by Crippen LogP contribution is 2.49. The topological polar surface area (TPSA) is 18.8 Å². The summed E-state index contributed by atoms with van der Waals surface area (Å²) in [7, 11) is 0. The molecule has 0 aromatic heterocycles. The lowest BCUT2D eigenvalue weighted by atomic mass is 9.79. The predicted molar refractivity (Wildman–Crippen MR) is 133 cm³/mol. The Balaban J connectivity index is 2.12. The first-order valence-electron chi connectivity index (χ1n) is 10.8. The van der Waals surface area contributed by atoms with Crippen molar-refractivity contribution in [2.45, 2.75) is 58.6 Å². The highest BCUT2D eigenvalue weighted by atomic mass is 79.9. The van der Waals surface area contributed by atoms with Gasteiger partial charge in [0, 0.05) is 46.9 Å². The van der Waals surface area contributed by atoms with Crippen LogP contribution in [0, 0.1) is 5.41 Å². The summed E-state index contributed by atoms with van der Waals surface area (Å²) in [5.41, 5.74) is 6.29. The van der Waals surface area contributed by atoms with Crippen molar-refractivity contribution in [1.29, 1.82) is 0 Å². The third-order valence-electron chi connectivity index (χ3n) is 5.72. The SMILES string of the molecule is CCN(CC)C1=CC2Sc3cc(N(CC)CC)cc(Br)c3N=C2C(C(C)(C)C)=C1. The van der Waals surface area contributed by atoms with E-state index < -0.39 is 0 Å². The van der Waals surface area contributed by atoms with Crippen LogP contribution in [0.15, 0.2) is 49.9 Å². The van der Waals surface area contributed by atoms with Crippen LogP contribution in [0.25, 0.3) is 0 Å². The molecule has 0 saturated heterocycles. The Morgan fingerprint density at radius 2 is 1.62 bits per heavy atom. The van der Waals surface area contributed by atoms with Gasteiger partial charge in [0.2, 0.25) is 0 Å². The first-order valence-corrected chi connectivity index (χ1v) is 12.4. The van der Waals surface area contributed by atoms with Gasteiger partial charge in [-0.25, -0.2) is 4.99 Å². The number of hydrogen-bond acceptors (Lipinski definition) is 4. The molecule has 0 radical (unpaired) electrons. The fourth-order valence-corrected chi connectivity index (χ4v) is 5.94. The van der Waals surface area contributed by atoms with Crippen LogP contribution < -0.4 is 4.90 Å². The molecule has 0 amide bonds. The van der Waals surface area contributed by atoms with Crippen LogP contribution in [0.4, 0.5) is 11.4 Å². The number of anilines is 1. The van der Waals surface area contributed by atoms with Crippen LogP contribution >= 0.6 is 27.7 Å². The number of likely N-dealkylation sites (N-methyl/N-ethyl adjacent to an activating group) is 1. The second-order valence-electron chi connectivity index (χ2n) is 8.55. The van der Waals surface area contributed by atoms with Gasteiger partial charge in [-0.2, -0.15) is 0 Å². The average Bonchev–Trinajstić information content (AvgIpc) is 2.67. The fourth-order valence-electron chi connectivity index (χ4n) is 4.04. The van der Waals surface area contributed by atoms with Crippen LogP contribution in [0.1, 0.15) is 48.5 Å². The third kappa shape index (κ3) is 4.46. The van der Waals surface area contributed by atoms with E-state index >= 15 is 0 Å². The molecule has 1 unspecified atom stereocenters. The average molecular weight is 477 g/mol. The Labute approximate surface area is 189 Å². The number of hydrogen-bond donors (Lipinski definition) is 0. The highest BCUT2D eigenvalue weighted by Gasteiger charge is 2.35. The summed E-state index contributed by atoms with van der Waals surface area (Å²) in [6.45, 7) is 19.8. The van der Waals surface area contributed by atoms with Crippen molar-refractivity contribution in [3.8, 4) is 0 Å². The summed E-state index contributed by atoms with van der Waals surface area (Å²) in [6, 6.07) is 4.54. The minimum atomic E-state index is 0.0510. The lowest BCUT2D eigenvalue weighted by Gasteiger charge is -2.37. The zero-order valence-corrected chi connectivity index (χ0v) is 21.2. The molecule has 2 aliphatic rings. The second kappa shape index (κ2) is 8.89. The molecule has 1 aliphatic carbocycles. The van der Waals surface area contributed by atoms with E-state index in [1.54, 1.807) is 0 Å². The third-order valence-corrected chi connectivity index (χ3v) is 7.51. The first kappa shape index (κ1) is 22.5. The number of benzene rings is 1. The molecule has 0 bridgehead atoms. The minimum Gasteiger partial charge on any atom is -0.372 e. The van der Waals surface area contributed by atoms with Gasteiger partial charge in [-0.05, 0) is 78.9 Å². The fraction of sp³-hybridized carbons (Fsp3) is 0.542. The van der Waals surface area contributed by atoms with E-state index in [9.17, 15) is 0 Å². The van der Waals surface area contributed by atoms with E-state index in [0.717, 1.165) is 36.3 Å². The van der Waals surface area contributed by atoms with Gasteiger partial charge >= 0.3 is 0 Å². The standard InChI is InChI=1S/C24H34BrN3S/c1-8-27(9-2)16-12-18(24(5,6)7)22-20(14-16)29-21-15-17(28(10-3)11-4)13-19(25)23(21)26-22/h12-15,20H,8-11H2,1-7H3. The van der Waals surface area contributed by atoms with Crippen LogP contribution in [0.5, 0.6) is 0 Å². The molecule has 3 nitrogen and oxygen atoms in total. The summed E-state index contributed by atoms with van der Waals surface area (Å²) in [5.74, 6) is 0. The minimum absolute atomic E-state index is 0.0510. The number of allylic oxidation sites excluding steroid dienone is 2. The van der Waals surface area contributed by atoms with Crippen LogP contribution in [-0.4, -0.2) is 42.0 Å². The van der Waals surface area contributed by atoms with Crippen molar-refractivity contribution in [2.75, 3.05) is 31.1 Å². The monoisotopic (exact) mass is 475 g/mol. The normalized spacial score (nSPS) is 18.3. The smallest absolute Gasteiger partial charge is 0.0913 e. The zero-order chi connectivity index (χ0) is 21.3. The molecule has 0 spiro atoms. The molecular formula is C24H34BrN3S. The largest absolute Gasteiger partial charge is 0.372 e. The van der Waals surface area contributed by atoms with E-state index in [1.165, 1.54) is 27.6 Å². The molecule has 158 valence electrons. The molecule has 1 aromatic rings. The Morgan fingerprint density at radius 1 is 1.00 bits per heavy atom. The van der Waals surface area contributed by atoms with Gasteiger partial charge < -0.3 is 9.80 Å². The first-order chi connectivity index (χ1) is 13.7. The van der Waals surface area contributed by atoms with Gasteiger partial charge in [0.25, 0.3) is 0 Å². The zero-order valence-electron chi connectivity index (χ0n) is 18.8. The van der Waals surface area contributed by atoms with Gasteiger partial charge in [-0.3, -0.25) is 0 Å². The summed E-state index contributed by atoms with van der Waals surface area (Å²) in [5, 5.41) is 0.260. The maximum Gasteiger partial charge on any atom is 0.0913 e. The van der Waals surface area contributed by atoms with E-state index in [0.29, 0.717) is 0 Å². The van der Waals surface area contributed by atoms with Gasteiger partial charge in [-0.15, -0.1) is 11.8 Å². The lowest BCUT2D eigenvalue weighted by molar-refractivity contribution is 0.390. The summed E-state index contributed by atoms with van der Waals surface area (Å²) >= 11 is 5.75. The summed E-state index contributed by atoms with van der Waals surface area (Å²) in [6.07, 6.45) is 4.78. The number of halogens is 1. The summed E-state index contributed by atoms with van der Waals surface area (Å²) < 4.78 is 1.09. The summed E-state index contributed by atoms with van der Waals surface area (Å²) in [4.78, 5) is 11.3. The molecule has 1 aromatic carbocycles. The van der Waals surface area contributed by atoms with Crippen LogP contribution in [0.3, 0.4) is 0 Å². The van der Waals surface area contributed by atoms with Crippen molar-refractivity contribution in [3.63, 3.8) is 0 Å². The molecule has 0 saturated carbocycles. The van der Waals surface area contributed by atoms with E-state index in [1.807, 2.05) is 11.8 Å². The van der Waals surface area contributed by atoms with E-state index in [2.05, 4.69) is 98.5 Å². The highest BCUT2D eigenvalue weighted by molar-refractivity contribution is 9.10. The molecule has 1 heterocycles. The van der Waals surface area contributed by atoms with Gasteiger partial charge in [0.1, 0.15) is 0 Å². The maximum absolute atomic E-state index is 5.21. The molecule has 0 fully saturated rings. The van der Waals surface area contributed by atoms with Crippen LogP contribution in [0.2, 0.25) is 0 Å². The van der Waals surface area contributed by atoms with Crippen LogP contribution in [-0.2, 0) is 0 Å². The molecule has 3 rings (SSSR count). The molecule has 0 N–H and O–H groups in total. The number of rotatable bonds is 6. The Morgan fingerprint density at radius 3 is 2.17 bits per heavy atom. The number of nitrogens with zero attached hydrogens (tertiary/aromatic N) is 3.